The molecule has 3 rings (SSSR count). The van der Waals surface area contributed by atoms with E-state index in [2.05, 4.69) is 11.9 Å². The average Bonchev–Trinajstić information content (AvgIpc) is 3.34. The first-order chi connectivity index (χ1) is 12.8. The van der Waals surface area contributed by atoms with Crippen LogP contribution in [0.15, 0.2) is 54.4 Å². The van der Waals surface area contributed by atoms with Crippen LogP contribution >= 0.6 is 11.3 Å². The first-order valence-corrected chi connectivity index (χ1v) is 10.0. The second-order valence-electron chi connectivity index (χ2n) is 6.54. The molecule has 26 heavy (non-hydrogen) atoms. The monoisotopic (exact) mass is 370 g/mol. The third-order valence-corrected chi connectivity index (χ3v) is 5.42. The smallest absolute Gasteiger partial charge is 0.318 e. The number of nitrogens with zero attached hydrogens (tertiary/aromatic N) is 1. The van der Waals surface area contributed by atoms with Crippen molar-refractivity contribution in [2.24, 2.45) is 0 Å². The fourth-order valence-electron chi connectivity index (χ4n) is 3.20. The SMILES string of the molecule is C=CCN(Cc1cccs1)C(=O)NCc1ccccc1OC1CCCC1. The van der Waals surface area contributed by atoms with Crippen LogP contribution in [0.25, 0.3) is 0 Å². The van der Waals surface area contributed by atoms with Crippen LogP contribution in [0.1, 0.15) is 36.1 Å². The number of carbonyl (C=O) groups excluding carboxylic acids is 1. The summed E-state index contributed by atoms with van der Waals surface area (Å²) in [5.41, 5.74) is 1.02. The lowest BCUT2D eigenvalue weighted by molar-refractivity contribution is 0.198. The van der Waals surface area contributed by atoms with Crippen LogP contribution in [0.4, 0.5) is 4.79 Å². The van der Waals surface area contributed by atoms with Crippen molar-refractivity contribution in [3.8, 4) is 5.75 Å². The number of benzene rings is 1. The van der Waals surface area contributed by atoms with Gasteiger partial charge in [0.2, 0.25) is 0 Å². The van der Waals surface area contributed by atoms with Crippen molar-refractivity contribution < 1.29 is 9.53 Å². The first-order valence-electron chi connectivity index (χ1n) is 9.17. The number of thiophene rings is 1. The predicted octanol–water partition coefficient (Wildman–Crippen LogP) is 4.97. The number of nitrogens with one attached hydrogen (secondary N) is 1. The molecule has 0 unspecified atom stereocenters. The number of ether oxygens (including phenoxy) is 1. The van der Waals surface area contributed by atoms with Gasteiger partial charge in [0.1, 0.15) is 5.75 Å². The first kappa shape index (κ1) is 18.5. The summed E-state index contributed by atoms with van der Waals surface area (Å²) in [6.45, 7) is 5.33. The van der Waals surface area contributed by atoms with E-state index < -0.39 is 0 Å². The maximum atomic E-state index is 12.6. The Morgan fingerprint density at radius 3 is 2.81 bits per heavy atom. The summed E-state index contributed by atoms with van der Waals surface area (Å²) >= 11 is 1.65. The van der Waals surface area contributed by atoms with Crippen LogP contribution in [0.3, 0.4) is 0 Å². The Labute approximate surface area is 159 Å². The van der Waals surface area contributed by atoms with Gasteiger partial charge in [-0.2, -0.15) is 0 Å². The Morgan fingerprint density at radius 2 is 2.08 bits per heavy atom. The highest BCUT2D eigenvalue weighted by molar-refractivity contribution is 7.09. The number of hydrogen-bond donors (Lipinski definition) is 1. The minimum absolute atomic E-state index is 0.0889. The zero-order chi connectivity index (χ0) is 18.2. The molecule has 5 heteroatoms. The second kappa shape index (κ2) is 9.43. The molecule has 2 aromatic rings. The summed E-state index contributed by atoms with van der Waals surface area (Å²) in [6.07, 6.45) is 6.78. The molecule has 0 spiro atoms. The Morgan fingerprint density at radius 1 is 1.27 bits per heavy atom. The van der Waals surface area contributed by atoms with Crippen LogP contribution in [0.5, 0.6) is 5.75 Å². The van der Waals surface area contributed by atoms with E-state index in [0.717, 1.165) is 29.0 Å². The largest absolute Gasteiger partial charge is 0.490 e. The van der Waals surface area contributed by atoms with Crippen LogP contribution in [0.2, 0.25) is 0 Å². The zero-order valence-electron chi connectivity index (χ0n) is 15.0. The minimum Gasteiger partial charge on any atom is -0.490 e. The molecule has 2 amide bonds. The predicted molar refractivity (Wildman–Crippen MR) is 106 cm³/mol. The number of amides is 2. The van der Waals surface area contributed by atoms with E-state index >= 15 is 0 Å². The van der Waals surface area contributed by atoms with Gasteiger partial charge in [-0.25, -0.2) is 4.79 Å². The highest BCUT2D eigenvalue weighted by Crippen LogP contribution is 2.26. The number of hydrogen-bond acceptors (Lipinski definition) is 3. The molecule has 0 bridgehead atoms. The van der Waals surface area contributed by atoms with Gasteiger partial charge in [-0.15, -0.1) is 17.9 Å². The molecule has 1 saturated carbocycles. The summed E-state index contributed by atoms with van der Waals surface area (Å²) in [5, 5.41) is 5.05. The molecule has 1 N–H and O–H groups in total. The van der Waals surface area contributed by atoms with E-state index in [9.17, 15) is 4.79 Å². The van der Waals surface area contributed by atoms with Crippen LogP contribution in [-0.2, 0) is 13.1 Å². The number of para-hydroxylation sites is 1. The fourth-order valence-corrected chi connectivity index (χ4v) is 3.92. The fraction of sp³-hybridized carbons (Fsp3) is 0.381. The van der Waals surface area contributed by atoms with E-state index in [1.807, 2.05) is 41.8 Å². The highest BCUT2D eigenvalue weighted by atomic mass is 32.1. The maximum Gasteiger partial charge on any atom is 0.318 e. The van der Waals surface area contributed by atoms with Gasteiger partial charge in [0, 0.05) is 23.5 Å². The van der Waals surface area contributed by atoms with Gasteiger partial charge < -0.3 is 15.0 Å². The lowest BCUT2D eigenvalue weighted by atomic mass is 10.2. The van der Waals surface area contributed by atoms with E-state index in [1.165, 1.54) is 12.8 Å². The third kappa shape index (κ3) is 5.11. The highest BCUT2D eigenvalue weighted by Gasteiger charge is 2.18. The number of rotatable bonds is 8. The second-order valence-corrected chi connectivity index (χ2v) is 7.57. The summed E-state index contributed by atoms with van der Waals surface area (Å²) < 4.78 is 6.15. The van der Waals surface area contributed by atoms with Crippen molar-refractivity contribution in [1.82, 2.24) is 10.2 Å². The molecule has 0 aliphatic heterocycles. The molecule has 0 atom stereocenters. The van der Waals surface area contributed by atoms with Crippen LogP contribution < -0.4 is 10.1 Å². The van der Waals surface area contributed by atoms with Crippen molar-refractivity contribution in [2.45, 2.75) is 44.9 Å². The minimum atomic E-state index is -0.0889. The number of urea groups is 1. The maximum absolute atomic E-state index is 12.6. The van der Waals surface area contributed by atoms with Crippen LogP contribution in [0, 0.1) is 0 Å². The normalized spacial score (nSPS) is 14.2. The van der Waals surface area contributed by atoms with Gasteiger partial charge in [-0.05, 0) is 43.2 Å². The van der Waals surface area contributed by atoms with Crippen molar-refractivity contribution in [1.29, 1.82) is 0 Å². The quantitative estimate of drug-likeness (QED) is 0.667. The Balaban J connectivity index is 1.59. The molecular formula is C21H26N2O2S. The summed E-state index contributed by atoms with van der Waals surface area (Å²) in [4.78, 5) is 15.5. The van der Waals surface area contributed by atoms with E-state index in [1.54, 1.807) is 22.3 Å². The molecule has 1 fully saturated rings. The average molecular weight is 371 g/mol. The standard InChI is InChI=1S/C21H26N2O2S/c1-2-13-23(16-19-11-7-14-26-19)21(24)22-15-17-8-3-6-12-20(17)25-18-9-4-5-10-18/h2-3,6-8,11-12,14,18H,1,4-5,9-10,13,15-16H2,(H,22,24). The topological polar surface area (TPSA) is 41.6 Å². The molecule has 1 aliphatic rings. The van der Waals surface area contributed by atoms with Crippen molar-refractivity contribution in [3.05, 3.63) is 64.9 Å². The molecule has 4 nitrogen and oxygen atoms in total. The molecular weight excluding hydrogens is 344 g/mol. The molecule has 1 aromatic carbocycles. The Bertz CT molecular complexity index is 709. The van der Waals surface area contributed by atoms with Gasteiger partial charge in [0.05, 0.1) is 12.6 Å². The van der Waals surface area contributed by atoms with Gasteiger partial charge in [-0.3, -0.25) is 0 Å². The van der Waals surface area contributed by atoms with Crippen molar-refractivity contribution in [3.63, 3.8) is 0 Å². The van der Waals surface area contributed by atoms with E-state index in [0.29, 0.717) is 25.7 Å². The van der Waals surface area contributed by atoms with Crippen molar-refractivity contribution >= 4 is 17.4 Å². The van der Waals surface area contributed by atoms with Gasteiger partial charge in [-0.1, -0.05) is 30.3 Å². The molecule has 1 aliphatic carbocycles. The summed E-state index contributed by atoms with van der Waals surface area (Å²) in [6, 6.07) is 11.9. The van der Waals surface area contributed by atoms with Gasteiger partial charge in [0.15, 0.2) is 0 Å². The summed E-state index contributed by atoms with van der Waals surface area (Å²) in [7, 11) is 0. The van der Waals surface area contributed by atoms with E-state index in [4.69, 9.17) is 4.74 Å². The lowest BCUT2D eigenvalue weighted by Gasteiger charge is -2.22. The Kier molecular flexibility index (Phi) is 6.72. The lowest BCUT2D eigenvalue weighted by Crippen LogP contribution is -2.39. The molecule has 138 valence electrons. The van der Waals surface area contributed by atoms with Gasteiger partial charge >= 0.3 is 6.03 Å². The van der Waals surface area contributed by atoms with Crippen molar-refractivity contribution in [2.75, 3.05) is 6.54 Å². The number of carbonyl (C=O) groups is 1. The van der Waals surface area contributed by atoms with Crippen LogP contribution in [-0.4, -0.2) is 23.6 Å². The van der Waals surface area contributed by atoms with Gasteiger partial charge in [0.25, 0.3) is 0 Å². The molecule has 1 heterocycles. The third-order valence-electron chi connectivity index (χ3n) is 4.56. The van der Waals surface area contributed by atoms with E-state index in [-0.39, 0.29) is 6.03 Å². The molecule has 1 aromatic heterocycles. The summed E-state index contributed by atoms with van der Waals surface area (Å²) in [5.74, 6) is 0.883. The zero-order valence-corrected chi connectivity index (χ0v) is 15.8. The molecule has 0 saturated heterocycles. The Hall–Kier alpha value is -2.27. The molecule has 0 radical (unpaired) electrons.